The fourth-order valence-corrected chi connectivity index (χ4v) is 3.49. The van der Waals surface area contributed by atoms with Gasteiger partial charge in [0.2, 0.25) is 0 Å². The predicted octanol–water partition coefficient (Wildman–Crippen LogP) is 3.74. The van der Waals surface area contributed by atoms with Gasteiger partial charge in [0.25, 0.3) is 5.91 Å². The van der Waals surface area contributed by atoms with Crippen molar-refractivity contribution in [2.24, 2.45) is 0 Å². The highest BCUT2D eigenvalue weighted by molar-refractivity contribution is 7.17. The lowest BCUT2D eigenvalue weighted by atomic mass is 10.1. The monoisotopic (exact) mass is 279 g/mol. The van der Waals surface area contributed by atoms with E-state index in [2.05, 4.69) is 6.07 Å². The van der Waals surface area contributed by atoms with Gasteiger partial charge in [0.15, 0.2) is 0 Å². The zero-order valence-corrected chi connectivity index (χ0v) is 11.5. The smallest absolute Gasteiger partial charge is 0.255 e. The SMILES string of the molecule is O=C(c1csc2ccccc12)N1CCC(Cl)CC1. The average Bonchev–Trinajstić information content (AvgIpc) is 2.82. The highest BCUT2D eigenvalue weighted by atomic mass is 35.5. The van der Waals surface area contributed by atoms with Crippen LogP contribution in [-0.4, -0.2) is 29.3 Å². The molecule has 0 saturated carbocycles. The molecule has 0 bridgehead atoms. The van der Waals surface area contributed by atoms with Gasteiger partial charge in [0, 0.05) is 33.9 Å². The van der Waals surface area contributed by atoms with E-state index in [1.807, 2.05) is 28.5 Å². The largest absolute Gasteiger partial charge is 0.338 e. The zero-order valence-electron chi connectivity index (χ0n) is 9.93. The van der Waals surface area contributed by atoms with Crippen LogP contribution in [-0.2, 0) is 0 Å². The number of amides is 1. The highest BCUT2D eigenvalue weighted by Gasteiger charge is 2.23. The third kappa shape index (κ3) is 2.13. The van der Waals surface area contributed by atoms with Gasteiger partial charge in [-0.2, -0.15) is 0 Å². The first kappa shape index (κ1) is 12.0. The fraction of sp³-hybridized carbons (Fsp3) is 0.357. The predicted molar refractivity (Wildman–Crippen MR) is 76.6 cm³/mol. The van der Waals surface area contributed by atoms with Crippen molar-refractivity contribution in [1.29, 1.82) is 0 Å². The third-order valence-corrected chi connectivity index (χ3v) is 4.82. The molecular weight excluding hydrogens is 266 g/mol. The zero-order chi connectivity index (χ0) is 12.5. The molecule has 0 aliphatic carbocycles. The summed E-state index contributed by atoms with van der Waals surface area (Å²) in [5.41, 5.74) is 0.837. The molecule has 1 fully saturated rings. The minimum absolute atomic E-state index is 0.149. The number of nitrogens with zero attached hydrogens (tertiary/aromatic N) is 1. The Morgan fingerprint density at radius 1 is 1.28 bits per heavy atom. The molecular formula is C14H14ClNOS. The van der Waals surface area contributed by atoms with Gasteiger partial charge in [0.05, 0.1) is 5.56 Å². The minimum atomic E-state index is 0.149. The Kier molecular flexibility index (Phi) is 3.27. The quantitative estimate of drug-likeness (QED) is 0.728. The number of fused-ring (bicyclic) bond motifs is 1. The summed E-state index contributed by atoms with van der Waals surface area (Å²) in [5.74, 6) is 0.149. The molecule has 2 nitrogen and oxygen atoms in total. The number of carbonyl (C=O) groups excluding carboxylic acids is 1. The number of rotatable bonds is 1. The Labute approximate surface area is 115 Å². The van der Waals surface area contributed by atoms with Crippen molar-refractivity contribution < 1.29 is 4.79 Å². The maximum Gasteiger partial charge on any atom is 0.255 e. The first-order valence-electron chi connectivity index (χ1n) is 6.15. The Morgan fingerprint density at radius 2 is 2.00 bits per heavy atom. The Hall–Kier alpha value is -1.06. The molecule has 2 aromatic rings. The van der Waals surface area contributed by atoms with Crippen molar-refractivity contribution in [1.82, 2.24) is 4.90 Å². The van der Waals surface area contributed by atoms with E-state index < -0.39 is 0 Å². The van der Waals surface area contributed by atoms with Gasteiger partial charge < -0.3 is 4.90 Å². The van der Waals surface area contributed by atoms with Gasteiger partial charge in [-0.25, -0.2) is 0 Å². The molecule has 1 aliphatic rings. The molecule has 1 aromatic carbocycles. The van der Waals surface area contributed by atoms with Crippen LogP contribution in [0.2, 0.25) is 0 Å². The van der Waals surface area contributed by atoms with Crippen LogP contribution in [0.25, 0.3) is 10.1 Å². The summed E-state index contributed by atoms with van der Waals surface area (Å²) in [6.45, 7) is 1.55. The average molecular weight is 280 g/mol. The van der Waals surface area contributed by atoms with Crippen molar-refractivity contribution >= 4 is 38.9 Å². The topological polar surface area (TPSA) is 20.3 Å². The van der Waals surface area contributed by atoms with Crippen molar-refractivity contribution in [2.75, 3.05) is 13.1 Å². The van der Waals surface area contributed by atoms with E-state index in [1.165, 1.54) is 4.70 Å². The van der Waals surface area contributed by atoms with Crippen molar-refractivity contribution in [3.63, 3.8) is 0 Å². The lowest BCUT2D eigenvalue weighted by Gasteiger charge is -2.29. The van der Waals surface area contributed by atoms with Crippen LogP contribution >= 0.6 is 22.9 Å². The molecule has 0 unspecified atom stereocenters. The van der Waals surface area contributed by atoms with Crippen LogP contribution in [0.1, 0.15) is 23.2 Å². The van der Waals surface area contributed by atoms with Crippen LogP contribution in [0.15, 0.2) is 29.6 Å². The number of likely N-dealkylation sites (tertiary alicyclic amines) is 1. The van der Waals surface area contributed by atoms with E-state index in [4.69, 9.17) is 11.6 Å². The molecule has 18 heavy (non-hydrogen) atoms. The maximum absolute atomic E-state index is 12.5. The molecule has 1 saturated heterocycles. The second-order valence-corrected chi connectivity index (χ2v) is 6.14. The summed E-state index contributed by atoms with van der Waals surface area (Å²) in [6, 6.07) is 8.07. The molecule has 1 amide bonds. The molecule has 0 N–H and O–H groups in total. The van der Waals surface area contributed by atoms with Gasteiger partial charge in [0.1, 0.15) is 0 Å². The first-order valence-corrected chi connectivity index (χ1v) is 7.47. The second kappa shape index (κ2) is 4.90. The maximum atomic E-state index is 12.5. The summed E-state index contributed by atoms with van der Waals surface area (Å²) in [7, 11) is 0. The number of halogens is 1. The van der Waals surface area contributed by atoms with Gasteiger partial charge >= 0.3 is 0 Å². The Balaban J connectivity index is 1.88. The minimum Gasteiger partial charge on any atom is -0.338 e. The second-order valence-electron chi connectivity index (χ2n) is 4.61. The number of thiophene rings is 1. The third-order valence-electron chi connectivity index (χ3n) is 3.42. The van der Waals surface area contributed by atoms with E-state index in [0.29, 0.717) is 0 Å². The lowest BCUT2D eigenvalue weighted by Crippen LogP contribution is -2.38. The van der Waals surface area contributed by atoms with Gasteiger partial charge in [-0.15, -0.1) is 22.9 Å². The van der Waals surface area contributed by atoms with Crippen molar-refractivity contribution in [2.45, 2.75) is 18.2 Å². The standard InChI is InChI=1S/C14H14ClNOS/c15-10-5-7-16(8-6-10)14(17)12-9-18-13-4-2-1-3-11(12)13/h1-4,9-10H,5-8H2. The van der Waals surface area contributed by atoms with Crippen LogP contribution in [0.5, 0.6) is 0 Å². The fourth-order valence-electron chi connectivity index (χ4n) is 2.36. The first-order chi connectivity index (χ1) is 8.75. The number of hydrogen-bond acceptors (Lipinski definition) is 2. The molecule has 0 spiro atoms. The molecule has 1 aliphatic heterocycles. The van der Waals surface area contributed by atoms with Gasteiger partial charge in [-0.05, 0) is 18.9 Å². The lowest BCUT2D eigenvalue weighted by molar-refractivity contribution is 0.0729. The number of carbonyl (C=O) groups is 1. The van der Waals surface area contributed by atoms with Gasteiger partial charge in [-0.1, -0.05) is 18.2 Å². The molecule has 0 atom stereocenters. The molecule has 4 heteroatoms. The summed E-state index contributed by atoms with van der Waals surface area (Å²) >= 11 is 7.70. The van der Waals surface area contributed by atoms with Crippen LogP contribution < -0.4 is 0 Å². The van der Waals surface area contributed by atoms with Crippen molar-refractivity contribution in [3.8, 4) is 0 Å². The number of piperidine rings is 1. The Bertz CT molecular complexity index is 572. The van der Waals surface area contributed by atoms with E-state index in [0.717, 1.165) is 36.9 Å². The number of alkyl halides is 1. The molecule has 3 rings (SSSR count). The van der Waals surface area contributed by atoms with Crippen LogP contribution in [0.3, 0.4) is 0 Å². The highest BCUT2D eigenvalue weighted by Crippen LogP contribution is 2.27. The molecule has 0 radical (unpaired) electrons. The number of benzene rings is 1. The molecule has 2 heterocycles. The van der Waals surface area contributed by atoms with Crippen LogP contribution in [0, 0.1) is 0 Å². The summed E-state index contributed by atoms with van der Waals surface area (Å²) < 4.78 is 1.17. The summed E-state index contributed by atoms with van der Waals surface area (Å²) in [5, 5.41) is 3.27. The molecule has 94 valence electrons. The van der Waals surface area contributed by atoms with E-state index in [1.54, 1.807) is 11.3 Å². The van der Waals surface area contributed by atoms with E-state index in [9.17, 15) is 4.79 Å². The van der Waals surface area contributed by atoms with Crippen molar-refractivity contribution in [3.05, 3.63) is 35.2 Å². The number of hydrogen-bond donors (Lipinski definition) is 0. The van der Waals surface area contributed by atoms with Gasteiger partial charge in [-0.3, -0.25) is 4.79 Å². The summed E-state index contributed by atoms with van der Waals surface area (Å²) in [6.07, 6.45) is 1.80. The van der Waals surface area contributed by atoms with E-state index >= 15 is 0 Å². The van der Waals surface area contributed by atoms with E-state index in [-0.39, 0.29) is 11.3 Å². The normalized spacial score (nSPS) is 17.3. The molecule has 1 aromatic heterocycles. The van der Waals surface area contributed by atoms with Crippen LogP contribution in [0.4, 0.5) is 0 Å². The summed E-state index contributed by atoms with van der Waals surface area (Å²) in [4.78, 5) is 14.4. The Morgan fingerprint density at radius 3 is 2.78 bits per heavy atom.